The van der Waals surface area contributed by atoms with Crippen molar-refractivity contribution in [3.63, 3.8) is 0 Å². The highest BCUT2D eigenvalue weighted by Crippen LogP contribution is 2.11. The maximum atomic E-state index is 11.7. The average molecular weight is 285 g/mol. The first-order chi connectivity index (χ1) is 9.06. The minimum Gasteiger partial charge on any atom is -0.476 e. The molecule has 1 saturated heterocycles. The van der Waals surface area contributed by atoms with Crippen molar-refractivity contribution in [2.45, 2.75) is 18.9 Å². The van der Waals surface area contributed by atoms with Gasteiger partial charge < -0.3 is 20.4 Å². The Balaban J connectivity index is 1.73. The second kappa shape index (κ2) is 5.98. The highest BCUT2D eigenvalue weighted by molar-refractivity contribution is 7.09. The van der Waals surface area contributed by atoms with E-state index < -0.39 is 12.1 Å². The normalized spacial score (nSPS) is 18.6. The van der Waals surface area contributed by atoms with Gasteiger partial charge in [0.2, 0.25) is 0 Å². The number of carboxylic acids is 1. The number of carboxylic acid groups (broad SMARTS) is 1. The number of thiazole rings is 1. The SMILES string of the molecule is O=C(O)c1csc(CCNC(=O)N2CCC(O)C2)n1. The van der Waals surface area contributed by atoms with Crippen LogP contribution in [0.2, 0.25) is 0 Å². The van der Waals surface area contributed by atoms with E-state index in [1.54, 1.807) is 4.90 Å². The van der Waals surface area contributed by atoms with Crippen LogP contribution >= 0.6 is 11.3 Å². The largest absolute Gasteiger partial charge is 0.476 e. The highest BCUT2D eigenvalue weighted by atomic mass is 32.1. The van der Waals surface area contributed by atoms with E-state index >= 15 is 0 Å². The van der Waals surface area contributed by atoms with Crippen LogP contribution in [0.1, 0.15) is 21.9 Å². The molecule has 19 heavy (non-hydrogen) atoms. The van der Waals surface area contributed by atoms with E-state index in [4.69, 9.17) is 5.11 Å². The predicted molar refractivity (Wildman–Crippen MR) is 68.4 cm³/mol. The van der Waals surface area contributed by atoms with Crippen LogP contribution in [0.5, 0.6) is 0 Å². The molecule has 2 amide bonds. The lowest BCUT2D eigenvalue weighted by Crippen LogP contribution is -2.39. The Morgan fingerprint density at radius 1 is 1.58 bits per heavy atom. The molecular weight excluding hydrogens is 270 g/mol. The van der Waals surface area contributed by atoms with E-state index in [9.17, 15) is 14.7 Å². The Kier molecular flexibility index (Phi) is 4.33. The number of amides is 2. The van der Waals surface area contributed by atoms with E-state index in [1.807, 2.05) is 0 Å². The zero-order chi connectivity index (χ0) is 13.8. The van der Waals surface area contributed by atoms with Gasteiger partial charge in [0, 0.05) is 31.4 Å². The number of rotatable bonds is 4. The molecule has 1 atom stereocenters. The van der Waals surface area contributed by atoms with Crippen molar-refractivity contribution in [3.05, 3.63) is 16.1 Å². The average Bonchev–Trinajstić information content (AvgIpc) is 2.98. The first kappa shape index (κ1) is 13.8. The number of aliphatic hydroxyl groups excluding tert-OH is 1. The molecule has 1 aliphatic heterocycles. The van der Waals surface area contributed by atoms with Crippen LogP contribution in [0.4, 0.5) is 4.79 Å². The van der Waals surface area contributed by atoms with Crippen LogP contribution in [-0.2, 0) is 6.42 Å². The van der Waals surface area contributed by atoms with Gasteiger partial charge in [0.05, 0.1) is 11.1 Å². The topological polar surface area (TPSA) is 103 Å². The van der Waals surface area contributed by atoms with Crippen LogP contribution in [0.3, 0.4) is 0 Å². The van der Waals surface area contributed by atoms with Crippen molar-refractivity contribution in [3.8, 4) is 0 Å². The predicted octanol–water partition coefficient (Wildman–Crippen LogP) is 0.160. The molecule has 1 aromatic rings. The molecule has 2 heterocycles. The van der Waals surface area contributed by atoms with E-state index in [1.165, 1.54) is 16.7 Å². The monoisotopic (exact) mass is 285 g/mol. The van der Waals surface area contributed by atoms with E-state index in [-0.39, 0.29) is 11.7 Å². The Labute approximate surface area is 113 Å². The molecule has 0 bridgehead atoms. The molecule has 1 aromatic heterocycles. The maximum Gasteiger partial charge on any atom is 0.355 e. The van der Waals surface area contributed by atoms with Crippen LogP contribution in [0.15, 0.2) is 5.38 Å². The number of likely N-dealkylation sites (tertiary alicyclic amines) is 1. The van der Waals surface area contributed by atoms with Gasteiger partial charge in [-0.05, 0) is 6.42 Å². The molecule has 0 aromatic carbocycles. The second-order valence-corrected chi connectivity index (χ2v) is 5.24. The lowest BCUT2D eigenvalue weighted by atomic mass is 10.3. The lowest BCUT2D eigenvalue weighted by molar-refractivity contribution is 0.0691. The number of hydrogen-bond acceptors (Lipinski definition) is 5. The molecule has 0 radical (unpaired) electrons. The summed E-state index contributed by atoms with van der Waals surface area (Å²) >= 11 is 1.27. The standard InChI is InChI=1S/C11H15N3O4S/c15-7-2-4-14(5-7)11(18)12-3-1-9-13-8(6-19-9)10(16)17/h6-7,15H,1-5H2,(H,12,18)(H,16,17). The van der Waals surface area contributed by atoms with Crippen molar-refractivity contribution in [2.75, 3.05) is 19.6 Å². The number of nitrogens with one attached hydrogen (secondary N) is 1. The number of aliphatic hydroxyl groups is 1. The van der Waals surface area contributed by atoms with Crippen molar-refractivity contribution < 1.29 is 19.8 Å². The van der Waals surface area contributed by atoms with Gasteiger partial charge in [0.1, 0.15) is 0 Å². The Morgan fingerprint density at radius 3 is 2.95 bits per heavy atom. The number of β-amino-alcohol motifs (C(OH)–C–C–N with tert-alkyl or cyclic N) is 1. The summed E-state index contributed by atoms with van der Waals surface area (Å²) in [7, 11) is 0. The summed E-state index contributed by atoms with van der Waals surface area (Å²) < 4.78 is 0. The van der Waals surface area contributed by atoms with Gasteiger partial charge >= 0.3 is 12.0 Å². The number of hydrogen-bond donors (Lipinski definition) is 3. The summed E-state index contributed by atoms with van der Waals surface area (Å²) in [4.78, 5) is 27.8. The third-order valence-electron chi connectivity index (χ3n) is 2.84. The number of carbonyl (C=O) groups is 2. The number of nitrogens with zero attached hydrogens (tertiary/aromatic N) is 2. The summed E-state index contributed by atoms with van der Waals surface area (Å²) in [6.07, 6.45) is 0.685. The van der Waals surface area contributed by atoms with Gasteiger partial charge in [0.25, 0.3) is 0 Å². The molecule has 3 N–H and O–H groups in total. The van der Waals surface area contributed by atoms with E-state index in [0.717, 1.165) is 0 Å². The molecule has 1 unspecified atom stereocenters. The van der Waals surface area contributed by atoms with Gasteiger partial charge in [-0.25, -0.2) is 14.6 Å². The second-order valence-electron chi connectivity index (χ2n) is 4.30. The Bertz CT molecular complexity index is 476. The summed E-state index contributed by atoms with van der Waals surface area (Å²) in [5.74, 6) is -1.04. The third kappa shape index (κ3) is 3.65. The summed E-state index contributed by atoms with van der Waals surface area (Å²) in [6, 6.07) is -0.202. The molecule has 1 fully saturated rings. The van der Waals surface area contributed by atoms with Gasteiger partial charge in [-0.3, -0.25) is 0 Å². The van der Waals surface area contributed by atoms with Crippen LogP contribution in [0.25, 0.3) is 0 Å². The Morgan fingerprint density at radius 2 is 2.37 bits per heavy atom. The molecule has 0 saturated carbocycles. The molecular formula is C11H15N3O4S. The van der Waals surface area contributed by atoms with E-state index in [2.05, 4.69) is 10.3 Å². The van der Waals surface area contributed by atoms with E-state index in [0.29, 0.717) is 37.5 Å². The smallest absolute Gasteiger partial charge is 0.355 e. The molecule has 1 aliphatic rings. The lowest BCUT2D eigenvalue weighted by Gasteiger charge is -2.15. The molecule has 7 nitrogen and oxygen atoms in total. The first-order valence-corrected chi connectivity index (χ1v) is 6.83. The van der Waals surface area contributed by atoms with Crippen LogP contribution < -0.4 is 5.32 Å². The molecule has 0 spiro atoms. The third-order valence-corrected chi connectivity index (χ3v) is 3.75. The number of aromatic carboxylic acids is 1. The van der Waals surface area contributed by atoms with Crippen LogP contribution in [-0.4, -0.2) is 57.8 Å². The highest BCUT2D eigenvalue weighted by Gasteiger charge is 2.24. The van der Waals surface area contributed by atoms with Crippen molar-refractivity contribution >= 4 is 23.3 Å². The van der Waals surface area contributed by atoms with Gasteiger partial charge in [-0.2, -0.15) is 0 Å². The number of aromatic nitrogens is 1. The summed E-state index contributed by atoms with van der Waals surface area (Å²) in [5, 5.41) is 22.9. The van der Waals surface area contributed by atoms with Gasteiger partial charge in [-0.15, -0.1) is 11.3 Å². The minimum absolute atomic E-state index is 0.0361. The molecule has 0 aliphatic carbocycles. The fourth-order valence-electron chi connectivity index (χ4n) is 1.84. The summed E-state index contributed by atoms with van der Waals surface area (Å²) in [5.41, 5.74) is 0.0361. The number of carbonyl (C=O) groups excluding carboxylic acids is 1. The van der Waals surface area contributed by atoms with Crippen LogP contribution in [0, 0.1) is 0 Å². The first-order valence-electron chi connectivity index (χ1n) is 5.95. The molecule has 104 valence electrons. The van der Waals surface area contributed by atoms with Crippen molar-refractivity contribution in [2.24, 2.45) is 0 Å². The molecule has 8 heteroatoms. The molecule has 2 rings (SSSR count). The fourth-order valence-corrected chi connectivity index (χ4v) is 2.61. The summed E-state index contributed by atoms with van der Waals surface area (Å²) in [6.45, 7) is 1.33. The van der Waals surface area contributed by atoms with Gasteiger partial charge in [-0.1, -0.05) is 0 Å². The fraction of sp³-hybridized carbons (Fsp3) is 0.545. The zero-order valence-electron chi connectivity index (χ0n) is 10.2. The van der Waals surface area contributed by atoms with Crippen molar-refractivity contribution in [1.29, 1.82) is 0 Å². The number of urea groups is 1. The minimum atomic E-state index is -1.04. The maximum absolute atomic E-state index is 11.7. The van der Waals surface area contributed by atoms with Crippen molar-refractivity contribution in [1.82, 2.24) is 15.2 Å². The van der Waals surface area contributed by atoms with Gasteiger partial charge in [0.15, 0.2) is 5.69 Å². The zero-order valence-corrected chi connectivity index (χ0v) is 11.0. The Hall–Kier alpha value is -1.67. The quantitative estimate of drug-likeness (QED) is 0.731.